The van der Waals surface area contributed by atoms with Crippen molar-refractivity contribution >= 4 is 12.0 Å². The number of rotatable bonds is 6. The first-order valence-electron chi connectivity index (χ1n) is 7.89. The van der Waals surface area contributed by atoms with Crippen LogP contribution in [0.2, 0.25) is 0 Å². The van der Waals surface area contributed by atoms with Crippen molar-refractivity contribution in [3.8, 4) is 11.4 Å². The van der Waals surface area contributed by atoms with Crippen LogP contribution in [0.4, 0.5) is 10.7 Å². The van der Waals surface area contributed by atoms with E-state index in [1.54, 1.807) is 0 Å². The van der Waals surface area contributed by atoms with E-state index in [0.717, 1.165) is 12.0 Å². The van der Waals surface area contributed by atoms with Gasteiger partial charge in [-0.25, -0.2) is 14.8 Å². The summed E-state index contributed by atoms with van der Waals surface area (Å²) in [5, 5.41) is 5.83. The average molecular weight is 329 g/mol. The van der Waals surface area contributed by atoms with Crippen LogP contribution >= 0.6 is 0 Å². The number of anilines is 1. The summed E-state index contributed by atoms with van der Waals surface area (Å²) in [6.07, 6.45) is 1.80. The van der Waals surface area contributed by atoms with Crippen molar-refractivity contribution in [3.63, 3.8) is 0 Å². The normalized spacial score (nSPS) is 11.0. The zero-order chi connectivity index (χ0) is 17.4. The molecule has 0 radical (unpaired) electrons. The van der Waals surface area contributed by atoms with Crippen molar-refractivity contribution in [1.82, 2.24) is 20.3 Å². The highest BCUT2D eigenvalue weighted by molar-refractivity contribution is 5.67. The minimum Gasteiger partial charge on any atom is -0.444 e. The van der Waals surface area contributed by atoms with Gasteiger partial charge in [0.15, 0.2) is 5.82 Å². The van der Waals surface area contributed by atoms with Gasteiger partial charge in [0.1, 0.15) is 11.9 Å². The van der Waals surface area contributed by atoms with Gasteiger partial charge in [-0.2, -0.15) is 4.98 Å². The number of hydrogen-bond acceptors (Lipinski definition) is 6. The fraction of sp³-hybridized carbons (Fsp3) is 0.412. The number of nitrogens with one attached hydrogen (secondary N) is 2. The van der Waals surface area contributed by atoms with Gasteiger partial charge in [0.05, 0.1) is 0 Å². The van der Waals surface area contributed by atoms with E-state index in [-0.39, 0.29) is 0 Å². The van der Waals surface area contributed by atoms with Crippen LogP contribution in [0.3, 0.4) is 0 Å². The maximum Gasteiger partial charge on any atom is 0.407 e. The molecular formula is C17H23N5O2. The zero-order valence-corrected chi connectivity index (χ0v) is 14.2. The molecule has 2 rings (SSSR count). The molecule has 0 saturated carbocycles. The monoisotopic (exact) mass is 329 g/mol. The lowest BCUT2D eigenvalue weighted by Gasteiger charge is -2.19. The molecule has 0 bridgehead atoms. The Morgan fingerprint density at radius 1 is 1.12 bits per heavy atom. The Morgan fingerprint density at radius 2 is 1.88 bits per heavy atom. The Labute approximate surface area is 141 Å². The van der Waals surface area contributed by atoms with Gasteiger partial charge in [0.2, 0.25) is 5.95 Å². The van der Waals surface area contributed by atoms with E-state index in [4.69, 9.17) is 4.74 Å². The van der Waals surface area contributed by atoms with Crippen LogP contribution in [0.1, 0.15) is 27.2 Å². The first-order valence-corrected chi connectivity index (χ1v) is 7.89. The van der Waals surface area contributed by atoms with Gasteiger partial charge in [-0.3, -0.25) is 0 Å². The molecule has 0 unspecified atom stereocenters. The fourth-order valence-electron chi connectivity index (χ4n) is 1.90. The summed E-state index contributed by atoms with van der Waals surface area (Å²) in [6, 6.07) is 9.72. The molecule has 2 aromatic rings. The summed E-state index contributed by atoms with van der Waals surface area (Å²) in [6.45, 7) is 6.64. The lowest BCUT2D eigenvalue weighted by Crippen LogP contribution is -2.33. The third-order valence-corrected chi connectivity index (χ3v) is 2.91. The van der Waals surface area contributed by atoms with Crippen molar-refractivity contribution in [3.05, 3.63) is 36.7 Å². The van der Waals surface area contributed by atoms with Crippen LogP contribution < -0.4 is 10.6 Å². The van der Waals surface area contributed by atoms with E-state index < -0.39 is 11.7 Å². The second-order valence-electron chi connectivity index (χ2n) is 6.21. The van der Waals surface area contributed by atoms with E-state index >= 15 is 0 Å². The molecule has 0 aliphatic heterocycles. The number of carbonyl (C=O) groups excluding carboxylic acids is 1. The minimum absolute atomic E-state index is 0.408. The molecule has 0 saturated heterocycles. The quantitative estimate of drug-likeness (QED) is 0.792. The molecule has 1 heterocycles. The Morgan fingerprint density at radius 3 is 2.58 bits per heavy atom. The van der Waals surface area contributed by atoms with E-state index in [2.05, 4.69) is 25.6 Å². The molecule has 128 valence electrons. The van der Waals surface area contributed by atoms with Gasteiger partial charge in [-0.15, -0.1) is 0 Å². The van der Waals surface area contributed by atoms with Crippen molar-refractivity contribution < 1.29 is 9.53 Å². The average Bonchev–Trinajstić information content (AvgIpc) is 2.54. The Bertz CT molecular complexity index is 656. The first-order chi connectivity index (χ1) is 11.4. The van der Waals surface area contributed by atoms with Crippen molar-refractivity contribution in [2.45, 2.75) is 32.8 Å². The maximum atomic E-state index is 11.5. The third-order valence-electron chi connectivity index (χ3n) is 2.91. The predicted molar refractivity (Wildman–Crippen MR) is 92.6 cm³/mol. The molecule has 1 amide bonds. The van der Waals surface area contributed by atoms with Crippen LogP contribution in [0.15, 0.2) is 36.7 Å². The standard InChI is InChI=1S/C17H23N5O2/c1-17(2,3)24-16(23)19-11-7-10-18-15-21-12-20-14(22-15)13-8-5-4-6-9-13/h4-6,8-9,12H,7,10-11H2,1-3H3,(H,19,23)(H,18,20,21,22). The van der Waals surface area contributed by atoms with Gasteiger partial charge in [-0.05, 0) is 27.2 Å². The number of amides is 1. The van der Waals surface area contributed by atoms with Crippen LogP contribution in [-0.2, 0) is 4.74 Å². The maximum absolute atomic E-state index is 11.5. The highest BCUT2D eigenvalue weighted by atomic mass is 16.6. The number of hydrogen-bond donors (Lipinski definition) is 2. The van der Waals surface area contributed by atoms with Gasteiger partial charge < -0.3 is 15.4 Å². The Balaban J connectivity index is 1.74. The molecule has 0 spiro atoms. The zero-order valence-electron chi connectivity index (χ0n) is 14.2. The molecule has 2 N–H and O–H groups in total. The number of alkyl carbamates (subject to hydrolysis) is 1. The number of carbonyl (C=O) groups is 1. The fourth-order valence-corrected chi connectivity index (χ4v) is 1.90. The number of benzene rings is 1. The largest absolute Gasteiger partial charge is 0.444 e. The minimum atomic E-state index is -0.485. The van der Waals surface area contributed by atoms with Crippen LogP contribution in [0.25, 0.3) is 11.4 Å². The van der Waals surface area contributed by atoms with Crippen molar-refractivity contribution in [2.24, 2.45) is 0 Å². The summed E-state index contributed by atoms with van der Waals surface area (Å²) in [5.74, 6) is 1.14. The highest BCUT2D eigenvalue weighted by Gasteiger charge is 2.15. The third kappa shape index (κ3) is 6.20. The molecule has 24 heavy (non-hydrogen) atoms. The summed E-state index contributed by atoms with van der Waals surface area (Å²) in [5.41, 5.74) is 0.454. The molecule has 1 aromatic heterocycles. The van der Waals surface area contributed by atoms with Crippen LogP contribution in [0.5, 0.6) is 0 Å². The predicted octanol–water partition coefficient (Wildman–Crippen LogP) is 2.87. The molecule has 1 aromatic carbocycles. The second-order valence-corrected chi connectivity index (χ2v) is 6.21. The van der Waals surface area contributed by atoms with Crippen LogP contribution in [-0.4, -0.2) is 39.7 Å². The van der Waals surface area contributed by atoms with E-state index in [0.29, 0.717) is 24.9 Å². The van der Waals surface area contributed by atoms with Gasteiger partial charge in [0.25, 0.3) is 0 Å². The topological polar surface area (TPSA) is 89.0 Å². The van der Waals surface area contributed by atoms with Gasteiger partial charge >= 0.3 is 6.09 Å². The summed E-state index contributed by atoms with van der Waals surface area (Å²) < 4.78 is 5.16. The highest BCUT2D eigenvalue weighted by Crippen LogP contribution is 2.13. The number of aromatic nitrogens is 3. The number of nitrogens with zero attached hydrogens (tertiary/aromatic N) is 3. The SMILES string of the molecule is CC(C)(C)OC(=O)NCCCNc1ncnc(-c2ccccc2)n1. The lowest BCUT2D eigenvalue weighted by molar-refractivity contribution is 0.0528. The summed E-state index contributed by atoms with van der Waals surface area (Å²) in [4.78, 5) is 24.2. The molecule has 7 heteroatoms. The van der Waals surface area contributed by atoms with Gasteiger partial charge in [0, 0.05) is 18.7 Å². The number of ether oxygens (including phenoxy) is 1. The molecule has 0 fully saturated rings. The molecular weight excluding hydrogens is 306 g/mol. The first kappa shape index (κ1) is 17.7. The van der Waals surface area contributed by atoms with Crippen molar-refractivity contribution in [2.75, 3.05) is 18.4 Å². The summed E-state index contributed by atoms with van der Waals surface area (Å²) in [7, 11) is 0. The summed E-state index contributed by atoms with van der Waals surface area (Å²) >= 11 is 0. The lowest BCUT2D eigenvalue weighted by atomic mass is 10.2. The smallest absolute Gasteiger partial charge is 0.407 e. The van der Waals surface area contributed by atoms with Crippen molar-refractivity contribution in [1.29, 1.82) is 0 Å². The van der Waals surface area contributed by atoms with E-state index in [1.165, 1.54) is 6.33 Å². The van der Waals surface area contributed by atoms with Gasteiger partial charge in [-0.1, -0.05) is 30.3 Å². The molecule has 0 aliphatic rings. The second kappa shape index (κ2) is 8.24. The Kier molecular flexibility index (Phi) is 6.06. The Hall–Kier alpha value is -2.70. The van der Waals surface area contributed by atoms with Crippen LogP contribution in [0, 0.1) is 0 Å². The van der Waals surface area contributed by atoms with E-state index in [1.807, 2.05) is 51.1 Å². The van der Waals surface area contributed by atoms with E-state index in [9.17, 15) is 4.79 Å². The molecule has 0 atom stereocenters. The molecule has 0 aliphatic carbocycles. The molecule has 7 nitrogen and oxygen atoms in total.